The summed E-state index contributed by atoms with van der Waals surface area (Å²) in [6.07, 6.45) is 12.9. The topological polar surface area (TPSA) is 58.3 Å². The van der Waals surface area contributed by atoms with Crippen molar-refractivity contribution in [2.75, 3.05) is 13.2 Å². The summed E-state index contributed by atoms with van der Waals surface area (Å²) in [5, 5.41) is 12.9. The zero-order valence-corrected chi connectivity index (χ0v) is 12.6. The Balaban J connectivity index is 1.92. The molecule has 0 radical (unpaired) electrons. The molecular weight excluding hydrogens is 236 g/mol. The lowest BCUT2D eigenvalue weighted by atomic mass is 9.66. The summed E-state index contributed by atoms with van der Waals surface area (Å²) in [4.78, 5) is 0. The van der Waals surface area contributed by atoms with Crippen molar-refractivity contribution in [1.29, 1.82) is 0 Å². The fourth-order valence-electron chi connectivity index (χ4n) is 4.26. The highest BCUT2D eigenvalue weighted by Crippen LogP contribution is 2.51. The third-order valence-corrected chi connectivity index (χ3v) is 5.80. The van der Waals surface area contributed by atoms with Crippen molar-refractivity contribution in [1.82, 2.24) is 5.32 Å². The van der Waals surface area contributed by atoms with E-state index < -0.39 is 0 Å². The van der Waals surface area contributed by atoms with Crippen molar-refractivity contribution < 1.29 is 5.11 Å². The normalized spacial score (nSPS) is 26.7. The molecule has 112 valence electrons. The van der Waals surface area contributed by atoms with Crippen LogP contribution >= 0.6 is 0 Å². The van der Waals surface area contributed by atoms with Crippen LogP contribution in [0.4, 0.5) is 0 Å². The van der Waals surface area contributed by atoms with E-state index in [0.717, 1.165) is 19.4 Å². The van der Waals surface area contributed by atoms with Crippen LogP contribution in [0.1, 0.15) is 71.1 Å². The van der Waals surface area contributed by atoms with Gasteiger partial charge in [0.25, 0.3) is 0 Å². The van der Waals surface area contributed by atoms with Crippen molar-refractivity contribution in [3.63, 3.8) is 0 Å². The average molecular weight is 268 g/mol. The zero-order chi connectivity index (χ0) is 13.8. The Bertz CT molecular complexity index is 264. The maximum atomic E-state index is 9.15. The third-order valence-electron chi connectivity index (χ3n) is 5.80. The van der Waals surface area contributed by atoms with Gasteiger partial charge in [-0.2, -0.15) is 0 Å². The SMILES string of the molecule is CCC(CCO)NC1(CN)CCC2(CCCC2)CC1. The van der Waals surface area contributed by atoms with Gasteiger partial charge in [-0.3, -0.25) is 0 Å². The van der Waals surface area contributed by atoms with Gasteiger partial charge in [-0.1, -0.05) is 19.8 Å². The second kappa shape index (κ2) is 6.55. The first-order valence-electron chi connectivity index (χ1n) is 8.26. The first-order chi connectivity index (χ1) is 9.17. The Morgan fingerprint density at radius 1 is 1.11 bits per heavy atom. The molecule has 19 heavy (non-hydrogen) atoms. The van der Waals surface area contributed by atoms with E-state index in [1.165, 1.54) is 51.4 Å². The molecule has 4 N–H and O–H groups in total. The highest BCUT2D eigenvalue weighted by Gasteiger charge is 2.43. The van der Waals surface area contributed by atoms with Gasteiger partial charge in [0.05, 0.1) is 0 Å². The highest BCUT2D eigenvalue weighted by molar-refractivity contribution is 5.01. The van der Waals surface area contributed by atoms with E-state index in [-0.39, 0.29) is 12.1 Å². The zero-order valence-electron chi connectivity index (χ0n) is 12.6. The predicted molar refractivity (Wildman–Crippen MR) is 80.1 cm³/mol. The average Bonchev–Trinajstić information content (AvgIpc) is 2.90. The molecule has 0 aromatic rings. The predicted octanol–water partition coefficient (Wildman–Crippen LogP) is 2.57. The molecule has 2 rings (SSSR count). The summed E-state index contributed by atoms with van der Waals surface area (Å²) < 4.78 is 0. The van der Waals surface area contributed by atoms with Crippen molar-refractivity contribution in [3.05, 3.63) is 0 Å². The standard InChI is InChI=1S/C16H32N2O/c1-2-14(5-12-19)18-16(13-17)10-8-15(9-11-16)6-3-4-7-15/h14,18-19H,2-13,17H2,1H3. The summed E-state index contributed by atoms with van der Waals surface area (Å²) in [5.74, 6) is 0. The van der Waals surface area contributed by atoms with Crippen LogP contribution in [0.25, 0.3) is 0 Å². The van der Waals surface area contributed by atoms with Gasteiger partial charge in [0, 0.05) is 24.7 Å². The van der Waals surface area contributed by atoms with Gasteiger partial charge < -0.3 is 16.2 Å². The molecule has 0 aromatic heterocycles. The minimum absolute atomic E-state index is 0.143. The molecule has 0 heterocycles. The number of aliphatic hydroxyl groups is 1. The third kappa shape index (κ3) is 3.50. The Labute approximate surface area is 118 Å². The lowest BCUT2D eigenvalue weighted by molar-refractivity contribution is 0.101. The molecular formula is C16H32N2O. The summed E-state index contributed by atoms with van der Waals surface area (Å²) in [6, 6.07) is 0.422. The van der Waals surface area contributed by atoms with E-state index >= 15 is 0 Å². The van der Waals surface area contributed by atoms with E-state index in [1.807, 2.05) is 0 Å². The summed E-state index contributed by atoms with van der Waals surface area (Å²) >= 11 is 0. The molecule has 0 aromatic carbocycles. The first kappa shape index (κ1) is 15.3. The second-order valence-corrected chi connectivity index (χ2v) is 6.95. The maximum absolute atomic E-state index is 9.15. The monoisotopic (exact) mass is 268 g/mol. The molecule has 0 aliphatic heterocycles. The van der Waals surface area contributed by atoms with E-state index in [2.05, 4.69) is 12.2 Å². The molecule has 2 fully saturated rings. The van der Waals surface area contributed by atoms with Crippen LogP contribution < -0.4 is 11.1 Å². The van der Waals surface area contributed by atoms with Crippen LogP contribution in [0.5, 0.6) is 0 Å². The van der Waals surface area contributed by atoms with Gasteiger partial charge in [-0.05, 0) is 56.8 Å². The van der Waals surface area contributed by atoms with Crippen LogP contribution in [-0.2, 0) is 0 Å². The van der Waals surface area contributed by atoms with E-state index in [4.69, 9.17) is 10.8 Å². The van der Waals surface area contributed by atoms with Gasteiger partial charge in [0.2, 0.25) is 0 Å². The van der Waals surface area contributed by atoms with Crippen LogP contribution in [0.3, 0.4) is 0 Å². The lowest BCUT2D eigenvalue weighted by Gasteiger charge is -2.47. The number of hydrogen-bond acceptors (Lipinski definition) is 3. The quantitative estimate of drug-likeness (QED) is 0.694. The van der Waals surface area contributed by atoms with Crippen molar-refractivity contribution >= 4 is 0 Å². The minimum Gasteiger partial charge on any atom is -0.396 e. The Morgan fingerprint density at radius 2 is 1.74 bits per heavy atom. The highest BCUT2D eigenvalue weighted by atomic mass is 16.3. The molecule has 1 atom stereocenters. The summed E-state index contributed by atoms with van der Waals surface area (Å²) in [5.41, 5.74) is 6.91. The van der Waals surface area contributed by atoms with Gasteiger partial charge >= 0.3 is 0 Å². The molecule has 2 aliphatic rings. The molecule has 3 nitrogen and oxygen atoms in total. The van der Waals surface area contributed by atoms with Gasteiger partial charge in [0.1, 0.15) is 0 Å². The van der Waals surface area contributed by atoms with Crippen LogP contribution in [-0.4, -0.2) is 29.8 Å². The van der Waals surface area contributed by atoms with Gasteiger partial charge in [0.15, 0.2) is 0 Å². The van der Waals surface area contributed by atoms with E-state index in [9.17, 15) is 0 Å². The molecule has 1 spiro atoms. The Kier molecular flexibility index (Phi) is 5.27. The molecule has 3 heteroatoms. The smallest absolute Gasteiger partial charge is 0.0445 e. The van der Waals surface area contributed by atoms with E-state index in [0.29, 0.717) is 11.5 Å². The van der Waals surface area contributed by atoms with Crippen molar-refractivity contribution in [2.45, 2.75) is 82.7 Å². The molecule has 1 unspecified atom stereocenters. The Morgan fingerprint density at radius 3 is 2.21 bits per heavy atom. The number of nitrogens with two attached hydrogens (primary N) is 1. The molecule has 0 amide bonds. The van der Waals surface area contributed by atoms with Crippen LogP contribution in [0.2, 0.25) is 0 Å². The molecule has 0 saturated heterocycles. The van der Waals surface area contributed by atoms with Crippen LogP contribution in [0, 0.1) is 5.41 Å². The van der Waals surface area contributed by atoms with Gasteiger partial charge in [-0.25, -0.2) is 0 Å². The maximum Gasteiger partial charge on any atom is 0.0445 e. The lowest BCUT2D eigenvalue weighted by Crippen LogP contribution is -2.57. The fourth-order valence-corrected chi connectivity index (χ4v) is 4.26. The number of rotatable bonds is 6. The second-order valence-electron chi connectivity index (χ2n) is 6.95. The van der Waals surface area contributed by atoms with E-state index in [1.54, 1.807) is 0 Å². The van der Waals surface area contributed by atoms with Crippen molar-refractivity contribution in [2.24, 2.45) is 11.1 Å². The largest absolute Gasteiger partial charge is 0.396 e. The van der Waals surface area contributed by atoms with Crippen LogP contribution in [0.15, 0.2) is 0 Å². The molecule has 0 bridgehead atoms. The summed E-state index contributed by atoms with van der Waals surface area (Å²) in [6.45, 7) is 3.21. The Hall–Kier alpha value is -0.120. The fraction of sp³-hybridized carbons (Fsp3) is 1.00. The number of nitrogens with one attached hydrogen (secondary N) is 1. The number of hydrogen-bond donors (Lipinski definition) is 3. The first-order valence-corrected chi connectivity index (χ1v) is 8.26. The summed E-state index contributed by atoms with van der Waals surface area (Å²) in [7, 11) is 0. The van der Waals surface area contributed by atoms with Gasteiger partial charge in [-0.15, -0.1) is 0 Å². The molecule has 2 aliphatic carbocycles. The van der Waals surface area contributed by atoms with Crippen molar-refractivity contribution in [3.8, 4) is 0 Å². The number of aliphatic hydroxyl groups excluding tert-OH is 1. The molecule has 2 saturated carbocycles. The minimum atomic E-state index is 0.143.